The van der Waals surface area contributed by atoms with Crippen LogP contribution in [0.3, 0.4) is 0 Å². The highest BCUT2D eigenvalue weighted by molar-refractivity contribution is 5.85. The Morgan fingerprint density at radius 3 is 2.56 bits per heavy atom. The Kier molecular flexibility index (Phi) is 12.7. The summed E-state index contributed by atoms with van der Waals surface area (Å²) in [5.41, 5.74) is 1.71. The summed E-state index contributed by atoms with van der Waals surface area (Å²) in [6, 6.07) is 11.3. The van der Waals surface area contributed by atoms with Gasteiger partial charge in [0.1, 0.15) is 11.9 Å². The fourth-order valence-corrected chi connectivity index (χ4v) is 4.99. The van der Waals surface area contributed by atoms with Crippen LogP contribution in [0.1, 0.15) is 43.2 Å². The Hall–Kier alpha value is -3.37. The van der Waals surface area contributed by atoms with Gasteiger partial charge in [0, 0.05) is 45.6 Å². The molecule has 2 aromatic rings. The Bertz CT molecular complexity index is 1170. The number of rotatable bonds is 3. The van der Waals surface area contributed by atoms with E-state index >= 15 is 0 Å². The second-order valence-electron chi connectivity index (χ2n) is 10.3. The van der Waals surface area contributed by atoms with Crippen LogP contribution in [0, 0.1) is 5.82 Å². The molecule has 2 aromatic carbocycles. The lowest BCUT2D eigenvalue weighted by Gasteiger charge is -2.23. The second kappa shape index (κ2) is 16.2. The van der Waals surface area contributed by atoms with Gasteiger partial charge < -0.3 is 30.3 Å². The summed E-state index contributed by atoms with van der Waals surface area (Å²) in [5.74, 6) is 0.715. The molecule has 3 aliphatic rings. The van der Waals surface area contributed by atoms with Crippen LogP contribution in [-0.2, 0) is 27.2 Å². The zero-order valence-electron chi connectivity index (χ0n) is 23.5. The number of hydrogen-bond acceptors (Lipinski definition) is 6. The molecule has 3 aliphatic heterocycles. The molecule has 0 saturated carbocycles. The van der Waals surface area contributed by atoms with E-state index in [4.69, 9.17) is 9.47 Å². The van der Waals surface area contributed by atoms with Gasteiger partial charge in [0.05, 0.1) is 19.6 Å². The van der Waals surface area contributed by atoms with Gasteiger partial charge in [-0.1, -0.05) is 18.2 Å². The van der Waals surface area contributed by atoms with E-state index in [0.29, 0.717) is 69.9 Å². The van der Waals surface area contributed by atoms with Crippen molar-refractivity contribution in [2.24, 2.45) is 0 Å². The predicted octanol–water partition coefficient (Wildman–Crippen LogP) is 2.79. The number of methoxy groups -OCH3 is 1. The van der Waals surface area contributed by atoms with E-state index in [-0.39, 0.29) is 54.5 Å². The van der Waals surface area contributed by atoms with Gasteiger partial charge in [-0.2, -0.15) is 0 Å². The summed E-state index contributed by atoms with van der Waals surface area (Å²) in [4.78, 5) is 40.0. The van der Waals surface area contributed by atoms with Crippen LogP contribution < -0.4 is 25.4 Å². The third-order valence-electron chi connectivity index (χ3n) is 7.27. The van der Waals surface area contributed by atoms with Crippen LogP contribution in [0.2, 0.25) is 0 Å². The molecule has 0 radical (unpaired) electrons. The molecule has 0 aromatic heterocycles. The van der Waals surface area contributed by atoms with Gasteiger partial charge in [-0.25, -0.2) is 4.39 Å². The normalized spacial score (nSPS) is 20.9. The number of carbonyl (C=O) groups excluding carboxylic acids is 3. The van der Waals surface area contributed by atoms with Crippen molar-refractivity contribution in [1.82, 2.24) is 20.9 Å². The van der Waals surface area contributed by atoms with Crippen LogP contribution in [0.5, 0.6) is 11.5 Å². The van der Waals surface area contributed by atoms with Crippen molar-refractivity contribution in [1.29, 1.82) is 0 Å². The topological polar surface area (TPSA) is 109 Å². The van der Waals surface area contributed by atoms with Crippen molar-refractivity contribution in [3.05, 3.63) is 59.4 Å². The molecule has 2 atom stereocenters. The summed E-state index contributed by atoms with van der Waals surface area (Å²) < 4.78 is 24.9. The molecule has 0 unspecified atom stereocenters. The summed E-state index contributed by atoms with van der Waals surface area (Å²) in [5, 5.41) is 9.17. The summed E-state index contributed by atoms with van der Waals surface area (Å²) in [6.45, 7) is 2.56. The molecule has 11 heteroatoms. The summed E-state index contributed by atoms with van der Waals surface area (Å²) in [7, 11) is 1.58. The molecule has 3 heterocycles. The molecule has 0 spiro atoms. The zero-order valence-corrected chi connectivity index (χ0v) is 24.3. The van der Waals surface area contributed by atoms with Gasteiger partial charge in [0.25, 0.3) is 0 Å². The number of aryl methyl sites for hydroxylation is 1. The molecule has 1 fully saturated rings. The van der Waals surface area contributed by atoms with Crippen LogP contribution in [0.25, 0.3) is 0 Å². The van der Waals surface area contributed by atoms with Gasteiger partial charge in [0.15, 0.2) is 11.5 Å². The first-order valence-electron chi connectivity index (χ1n) is 14.0. The first kappa shape index (κ1) is 32.1. The zero-order chi connectivity index (χ0) is 28.3. The number of halogens is 2. The lowest BCUT2D eigenvalue weighted by Crippen LogP contribution is -2.41. The van der Waals surface area contributed by atoms with Crippen molar-refractivity contribution in [3.8, 4) is 11.5 Å². The maximum absolute atomic E-state index is 13.3. The number of nitrogens with one attached hydrogen (secondary N) is 3. The van der Waals surface area contributed by atoms with Crippen LogP contribution in [-0.4, -0.2) is 74.6 Å². The molecule has 0 aliphatic carbocycles. The fraction of sp³-hybridized carbons (Fsp3) is 0.500. The van der Waals surface area contributed by atoms with Crippen LogP contribution >= 0.6 is 12.4 Å². The highest BCUT2D eigenvalue weighted by atomic mass is 35.5. The first-order chi connectivity index (χ1) is 19.4. The molecule has 3 N–H and O–H groups in total. The van der Waals surface area contributed by atoms with E-state index in [1.807, 2.05) is 18.2 Å². The fourth-order valence-electron chi connectivity index (χ4n) is 4.99. The SMILES string of the molecule is COc1cc2ccc1O[C@@H]1CN[C@@H](C1)C(=O)NCCCCN(C(=O)Cc1ccc(F)cc1)CCCNC(=O)CC2.Cl. The minimum absolute atomic E-state index is 0. The Balaban J connectivity index is 0.00000462. The van der Waals surface area contributed by atoms with Crippen molar-refractivity contribution in [2.75, 3.05) is 39.8 Å². The molecular weight excluding hydrogens is 551 g/mol. The number of nitrogens with zero attached hydrogens (tertiary/aromatic N) is 1. The number of amides is 3. The van der Waals surface area contributed by atoms with Crippen LogP contribution in [0.4, 0.5) is 4.39 Å². The molecule has 41 heavy (non-hydrogen) atoms. The molecule has 4 bridgehead atoms. The third-order valence-corrected chi connectivity index (χ3v) is 7.27. The smallest absolute Gasteiger partial charge is 0.237 e. The minimum Gasteiger partial charge on any atom is -0.493 e. The lowest BCUT2D eigenvalue weighted by atomic mass is 10.1. The number of carbonyl (C=O) groups is 3. The maximum atomic E-state index is 13.3. The quantitative estimate of drug-likeness (QED) is 0.507. The highest BCUT2D eigenvalue weighted by Crippen LogP contribution is 2.30. The minimum atomic E-state index is -0.338. The monoisotopic (exact) mass is 590 g/mol. The van der Waals surface area contributed by atoms with Crippen molar-refractivity contribution < 1.29 is 28.2 Å². The predicted molar refractivity (Wildman–Crippen MR) is 156 cm³/mol. The van der Waals surface area contributed by atoms with E-state index < -0.39 is 0 Å². The number of benzene rings is 2. The Labute approximate surface area is 246 Å². The third kappa shape index (κ3) is 9.89. The standard InChI is InChI=1S/C30H39FN4O5.ClH/c1-39-27-17-21-7-11-26(27)40-24-19-25(34-20-24)30(38)33-13-2-3-15-35(16-4-14-32-28(36)12-8-21)29(37)18-22-5-9-23(31)10-6-22;/h5-7,9-11,17,24-25,34H,2-4,8,12-16,18-20H2,1H3,(H,32,36)(H,33,38);1H/t24-,25-;/m0./s1. The summed E-state index contributed by atoms with van der Waals surface area (Å²) in [6.07, 6.45) is 3.51. The van der Waals surface area contributed by atoms with E-state index in [1.165, 1.54) is 12.1 Å². The molecular formula is C30H40ClFN4O5. The Morgan fingerprint density at radius 1 is 1.02 bits per heavy atom. The van der Waals surface area contributed by atoms with Gasteiger partial charge in [-0.3, -0.25) is 14.4 Å². The van der Waals surface area contributed by atoms with Gasteiger partial charge in [0.2, 0.25) is 17.7 Å². The van der Waals surface area contributed by atoms with E-state index in [2.05, 4.69) is 16.0 Å². The maximum Gasteiger partial charge on any atom is 0.237 e. The van der Waals surface area contributed by atoms with Crippen LogP contribution in [0.15, 0.2) is 42.5 Å². The summed E-state index contributed by atoms with van der Waals surface area (Å²) >= 11 is 0. The van der Waals surface area contributed by atoms with Gasteiger partial charge in [-0.15, -0.1) is 12.4 Å². The van der Waals surface area contributed by atoms with Crippen molar-refractivity contribution >= 4 is 30.1 Å². The van der Waals surface area contributed by atoms with E-state index in [9.17, 15) is 18.8 Å². The number of hydrogen-bond donors (Lipinski definition) is 3. The highest BCUT2D eigenvalue weighted by Gasteiger charge is 2.31. The second-order valence-corrected chi connectivity index (χ2v) is 10.3. The molecule has 5 rings (SSSR count). The number of fused-ring (bicyclic) bond motifs is 15. The number of ether oxygens (including phenoxy) is 2. The van der Waals surface area contributed by atoms with Gasteiger partial charge >= 0.3 is 0 Å². The lowest BCUT2D eigenvalue weighted by molar-refractivity contribution is -0.130. The molecule has 3 amide bonds. The Morgan fingerprint density at radius 2 is 1.78 bits per heavy atom. The average molecular weight is 591 g/mol. The molecule has 9 nitrogen and oxygen atoms in total. The average Bonchev–Trinajstić information content (AvgIpc) is 3.42. The molecule has 1 saturated heterocycles. The van der Waals surface area contributed by atoms with Gasteiger partial charge in [-0.05, 0) is 61.1 Å². The van der Waals surface area contributed by atoms with E-state index in [1.54, 1.807) is 24.1 Å². The van der Waals surface area contributed by atoms with Crippen molar-refractivity contribution in [2.45, 2.75) is 57.1 Å². The van der Waals surface area contributed by atoms with Crippen molar-refractivity contribution in [3.63, 3.8) is 0 Å². The van der Waals surface area contributed by atoms with E-state index in [0.717, 1.165) is 24.0 Å². The first-order valence-corrected chi connectivity index (χ1v) is 14.0. The largest absolute Gasteiger partial charge is 0.493 e. The molecule has 224 valence electrons.